The third kappa shape index (κ3) is 3.81. The van der Waals surface area contributed by atoms with E-state index in [4.69, 9.17) is 0 Å². The lowest BCUT2D eigenvalue weighted by Gasteiger charge is -2.30. The van der Waals surface area contributed by atoms with Crippen molar-refractivity contribution in [1.29, 1.82) is 0 Å². The van der Waals surface area contributed by atoms with Gasteiger partial charge in [0.2, 0.25) is 0 Å². The predicted molar refractivity (Wildman–Crippen MR) is 76.0 cm³/mol. The van der Waals surface area contributed by atoms with Crippen LogP contribution in [0.3, 0.4) is 0 Å². The zero-order valence-corrected chi connectivity index (χ0v) is 11.3. The zero-order valence-electron chi connectivity index (χ0n) is 11.3. The fourth-order valence-electron chi connectivity index (χ4n) is 2.56. The molecule has 1 fully saturated rings. The molecule has 0 aliphatic heterocycles. The van der Waals surface area contributed by atoms with E-state index in [-0.39, 0.29) is 18.6 Å². The Morgan fingerprint density at radius 3 is 2.50 bits per heavy atom. The molecule has 0 aromatic heterocycles. The van der Waals surface area contributed by atoms with Gasteiger partial charge in [-0.15, -0.1) is 0 Å². The topological polar surface area (TPSA) is 78.4 Å². The number of amides is 2. The fraction of sp³-hybridized carbons (Fsp3) is 0.467. The van der Waals surface area contributed by atoms with Crippen molar-refractivity contribution in [2.75, 3.05) is 11.9 Å². The molecule has 1 aliphatic carbocycles. The molecule has 1 saturated carbocycles. The molecule has 2 amide bonds. The molecule has 5 nitrogen and oxygen atoms in total. The number of benzene rings is 1. The van der Waals surface area contributed by atoms with Crippen molar-refractivity contribution in [3.63, 3.8) is 0 Å². The average Bonchev–Trinajstić information content (AvgIpc) is 2.48. The minimum Gasteiger partial charge on any atom is -0.396 e. The first-order valence-corrected chi connectivity index (χ1v) is 6.98. The van der Waals surface area contributed by atoms with Crippen LogP contribution in [0.15, 0.2) is 30.3 Å². The molecule has 1 aliphatic rings. The monoisotopic (exact) mass is 276 g/mol. The minimum absolute atomic E-state index is 0.0469. The second-order valence-corrected chi connectivity index (χ2v) is 5.13. The third-order valence-corrected chi connectivity index (χ3v) is 3.70. The van der Waals surface area contributed by atoms with E-state index in [0.717, 1.165) is 25.7 Å². The number of nitrogens with one attached hydrogen (secondary N) is 2. The van der Waals surface area contributed by atoms with Crippen molar-refractivity contribution < 1.29 is 14.7 Å². The number of hydrogen-bond donors (Lipinski definition) is 3. The Bertz CT molecular complexity index is 461. The molecular formula is C15H20N2O3. The summed E-state index contributed by atoms with van der Waals surface area (Å²) in [4.78, 5) is 23.7. The smallest absolute Gasteiger partial charge is 0.313 e. The first-order valence-electron chi connectivity index (χ1n) is 6.98. The molecule has 1 aromatic rings. The van der Waals surface area contributed by atoms with Gasteiger partial charge >= 0.3 is 11.8 Å². The van der Waals surface area contributed by atoms with Gasteiger partial charge in [-0.2, -0.15) is 0 Å². The number of rotatable bonds is 3. The van der Waals surface area contributed by atoms with E-state index in [2.05, 4.69) is 10.6 Å². The van der Waals surface area contributed by atoms with E-state index >= 15 is 0 Å². The van der Waals surface area contributed by atoms with Gasteiger partial charge in [0.25, 0.3) is 0 Å². The highest BCUT2D eigenvalue weighted by Crippen LogP contribution is 2.23. The predicted octanol–water partition coefficient (Wildman–Crippen LogP) is 1.29. The van der Waals surface area contributed by atoms with E-state index in [1.165, 1.54) is 0 Å². The van der Waals surface area contributed by atoms with Crippen LogP contribution in [-0.2, 0) is 9.59 Å². The Hall–Kier alpha value is -1.88. The fourth-order valence-corrected chi connectivity index (χ4v) is 2.56. The third-order valence-electron chi connectivity index (χ3n) is 3.70. The molecule has 2 rings (SSSR count). The molecule has 0 heterocycles. The first-order chi connectivity index (χ1) is 9.70. The van der Waals surface area contributed by atoms with E-state index in [0.29, 0.717) is 5.69 Å². The number of hydrogen-bond acceptors (Lipinski definition) is 3. The second-order valence-electron chi connectivity index (χ2n) is 5.13. The van der Waals surface area contributed by atoms with E-state index < -0.39 is 11.8 Å². The van der Waals surface area contributed by atoms with E-state index in [9.17, 15) is 14.7 Å². The molecule has 0 spiro atoms. The molecule has 5 heteroatoms. The highest BCUT2D eigenvalue weighted by Gasteiger charge is 2.27. The number of carbonyl (C=O) groups is 2. The zero-order chi connectivity index (χ0) is 14.4. The van der Waals surface area contributed by atoms with E-state index in [1.807, 2.05) is 6.07 Å². The summed E-state index contributed by atoms with van der Waals surface area (Å²) in [5, 5.41) is 14.6. The molecule has 2 atom stereocenters. The Kier molecular flexibility index (Phi) is 5.12. The van der Waals surface area contributed by atoms with Crippen LogP contribution < -0.4 is 10.6 Å². The lowest BCUT2D eigenvalue weighted by atomic mass is 9.85. The molecular weight excluding hydrogens is 256 g/mol. The summed E-state index contributed by atoms with van der Waals surface area (Å²) in [5.74, 6) is -1.25. The highest BCUT2D eigenvalue weighted by molar-refractivity contribution is 6.39. The van der Waals surface area contributed by atoms with Crippen LogP contribution >= 0.6 is 0 Å². The Morgan fingerprint density at radius 1 is 1.10 bits per heavy atom. The first kappa shape index (κ1) is 14.5. The van der Waals surface area contributed by atoms with Crippen LogP contribution in [0, 0.1) is 5.92 Å². The van der Waals surface area contributed by atoms with Gasteiger partial charge < -0.3 is 15.7 Å². The summed E-state index contributed by atoms with van der Waals surface area (Å²) in [6, 6.07) is 8.75. The summed E-state index contributed by atoms with van der Waals surface area (Å²) in [7, 11) is 0. The molecule has 0 bridgehead atoms. The summed E-state index contributed by atoms with van der Waals surface area (Å²) < 4.78 is 0. The van der Waals surface area contributed by atoms with Crippen molar-refractivity contribution in [3.05, 3.63) is 30.3 Å². The standard InChI is InChI=1S/C15H20N2O3/c18-10-11-6-4-5-9-13(11)17-15(20)14(19)16-12-7-2-1-3-8-12/h1-3,7-8,11,13,18H,4-6,9-10H2,(H,16,19)(H,17,20). The maximum Gasteiger partial charge on any atom is 0.313 e. The summed E-state index contributed by atoms with van der Waals surface area (Å²) >= 11 is 0. The van der Waals surface area contributed by atoms with Crippen LogP contribution in [0.5, 0.6) is 0 Å². The maximum absolute atomic E-state index is 11.9. The van der Waals surface area contributed by atoms with Gasteiger partial charge in [0, 0.05) is 24.3 Å². The van der Waals surface area contributed by atoms with Crippen LogP contribution in [-0.4, -0.2) is 29.6 Å². The quantitative estimate of drug-likeness (QED) is 0.728. The molecule has 3 N–H and O–H groups in total. The summed E-state index contributed by atoms with van der Waals surface area (Å²) in [5.41, 5.74) is 0.593. The lowest BCUT2D eigenvalue weighted by Crippen LogP contribution is -2.47. The summed E-state index contributed by atoms with van der Waals surface area (Å²) in [6.45, 7) is 0.0469. The molecule has 20 heavy (non-hydrogen) atoms. The SMILES string of the molecule is O=C(Nc1ccccc1)C(=O)NC1CCCCC1CO. The van der Waals surface area contributed by atoms with Gasteiger partial charge in [-0.05, 0) is 25.0 Å². The van der Waals surface area contributed by atoms with Crippen LogP contribution in [0.2, 0.25) is 0 Å². The lowest BCUT2D eigenvalue weighted by molar-refractivity contribution is -0.137. The highest BCUT2D eigenvalue weighted by atomic mass is 16.3. The Morgan fingerprint density at radius 2 is 1.80 bits per heavy atom. The molecule has 2 unspecified atom stereocenters. The number of anilines is 1. The molecule has 108 valence electrons. The van der Waals surface area contributed by atoms with Gasteiger partial charge in [0.15, 0.2) is 0 Å². The van der Waals surface area contributed by atoms with Crippen molar-refractivity contribution in [3.8, 4) is 0 Å². The Labute approximate surface area is 118 Å². The van der Waals surface area contributed by atoms with Gasteiger partial charge in [0.1, 0.15) is 0 Å². The van der Waals surface area contributed by atoms with E-state index in [1.54, 1.807) is 24.3 Å². The normalized spacial score (nSPS) is 22.1. The van der Waals surface area contributed by atoms with Crippen molar-refractivity contribution in [1.82, 2.24) is 5.32 Å². The van der Waals surface area contributed by atoms with Crippen LogP contribution in [0.25, 0.3) is 0 Å². The van der Waals surface area contributed by atoms with Gasteiger partial charge in [-0.3, -0.25) is 9.59 Å². The molecule has 1 aromatic carbocycles. The van der Waals surface area contributed by atoms with Gasteiger partial charge in [0.05, 0.1) is 0 Å². The number of aliphatic hydroxyl groups is 1. The maximum atomic E-state index is 11.9. The largest absolute Gasteiger partial charge is 0.396 e. The number of carbonyl (C=O) groups excluding carboxylic acids is 2. The molecule has 0 saturated heterocycles. The van der Waals surface area contributed by atoms with Crippen molar-refractivity contribution >= 4 is 17.5 Å². The number of para-hydroxylation sites is 1. The van der Waals surface area contributed by atoms with Crippen LogP contribution in [0.4, 0.5) is 5.69 Å². The average molecular weight is 276 g/mol. The van der Waals surface area contributed by atoms with Gasteiger partial charge in [-0.25, -0.2) is 0 Å². The van der Waals surface area contributed by atoms with Crippen molar-refractivity contribution in [2.24, 2.45) is 5.92 Å². The Balaban J connectivity index is 1.89. The molecule has 0 radical (unpaired) electrons. The van der Waals surface area contributed by atoms with Crippen LogP contribution in [0.1, 0.15) is 25.7 Å². The second kappa shape index (κ2) is 7.05. The number of aliphatic hydroxyl groups excluding tert-OH is 1. The van der Waals surface area contributed by atoms with Crippen molar-refractivity contribution in [2.45, 2.75) is 31.7 Å². The van der Waals surface area contributed by atoms with Gasteiger partial charge in [-0.1, -0.05) is 31.0 Å². The minimum atomic E-state index is -0.668. The summed E-state index contributed by atoms with van der Waals surface area (Å²) in [6.07, 6.45) is 3.78.